The van der Waals surface area contributed by atoms with Crippen LogP contribution in [0.5, 0.6) is 5.75 Å². The smallest absolute Gasteiger partial charge is 0.149 e. The summed E-state index contributed by atoms with van der Waals surface area (Å²) in [6, 6.07) is 7.81. The Hall–Kier alpha value is -1.93. The van der Waals surface area contributed by atoms with Crippen molar-refractivity contribution in [3.05, 3.63) is 28.8 Å². The molecule has 0 fully saturated rings. The van der Waals surface area contributed by atoms with Crippen LogP contribution in [0.25, 0.3) is 10.6 Å². The number of benzene rings is 1. The highest BCUT2D eigenvalue weighted by Gasteiger charge is 2.22. The molecular formula is C16H19N3OS. The summed E-state index contributed by atoms with van der Waals surface area (Å²) < 4.78 is 5.71. The minimum atomic E-state index is -0.0469. The van der Waals surface area contributed by atoms with Crippen LogP contribution in [0.2, 0.25) is 0 Å². The molecule has 0 aliphatic rings. The third kappa shape index (κ3) is 3.40. The first-order valence-corrected chi connectivity index (χ1v) is 7.68. The molecule has 2 aromatic rings. The van der Waals surface area contributed by atoms with E-state index < -0.39 is 0 Å². The summed E-state index contributed by atoms with van der Waals surface area (Å²) in [7, 11) is 0. The van der Waals surface area contributed by atoms with E-state index in [0.29, 0.717) is 11.3 Å². The van der Waals surface area contributed by atoms with E-state index in [1.165, 1.54) is 11.3 Å². The lowest BCUT2D eigenvalue weighted by Gasteiger charge is -2.13. The maximum absolute atomic E-state index is 9.47. The maximum atomic E-state index is 9.47. The van der Waals surface area contributed by atoms with E-state index in [2.05, 4.69) is 37.0 Å². The van der Waals surface area contributed by atoms with Gasteiger partial charge in [0.1, 0.15) is 27.4 Å². The molecule has 0 N–H and O–H groups in total. The van der Waals surface area contributed by atoms with Gasteiger partial charge in [0, 0.05) is 11.0 Å². The first-order valence-electron chi connectivity index (χ1n) is 6.87. The molecule has 0 radical (unpaired) electrons. The lowest BCUT2D eigenvalue weighted by Crippen LogP contribution is -2.10. The molecule has 4 nitrogen and oxygen atoms in total. The standard InChI is InChI=1S/C16H19N3OS/c1-10(2)20-13-8-6-7-11(12(13)9-17)14-18-19-15(21-14)16(3,4)5/h6-8,10H,1-5H3. The molecule has 0 saturated heterocycles. The number of aromatic nitrogens is 2. The van der Waals surface area contributed by atoms with E-state index in [0.717, 1.165) is 15.6 Å². The van der Waals surface area contributed by atoms with Gasteiger partial charge in [-0.1, -0.05) is 44.2 Å². The minimum Gasteiger partial charge on any atom is -0.490 e. The number of rotatable bonds is 3. The predicted molar refractivity (Wildman–Crippen MR) is 84.5 cm³/mol. The van der Waals surface area contributed by atoms with Gasteiger partial charge in [-0.05, 0) is 19.9 Å². The Kier molecular flexibility index (Phi) is 4.29. The molecule has 1 aromatic carbocycles. The number of nitriles is 1. The lowest BCUT2D eigenvalue weighted by molar-refractivity contribution is 0.242. The van der Waals surface area contributed by atoms with E-state index in [1.807, 2.05) is 32.0 Å². The zero-order valence-corrected chi connectivity index (χ0v) is 13.8. The van der Waals surface area contributed by atoms with Crippen LogP contribution in [0.4, 0.5) is 0 Å². The van der Waals surface area contributed by atoms with Crippen LogP contribution < -0.4 is 4.74 Å². The lowest BCUT2D eigenvalue weighted by atomic mass is 9.98. The van der Waals surface area contributed by atoms with Gasteiger partial charge in [0.2, 0.25) is 0 Å². The van der Waals surface area contributed by atoms with Gasteiger partial charge in [-0.15, -0.1) is 10.2 Å². The van der Waals surface area contributed by atoms with Gasteiger partial charge in [-0.3, -0.25) is 0 Å². The van der Waals surface area contributed by atoms with Gasteiger partial charge in [-0.2, -0.15) is 5.26 Å². The average Bonchev–Trinajstić information content (AvgIpc) is 2.87. The van der Waals surface area contributed by atoms with Gasteiger partial charge in [0.25, 0.3) is 0 Å². The number of ether oxygens (including phenoxy) is 1. The number of nitrogens with zero attached hydrogens (tertiary/aromatic N) is 3. The molecule has 0 amide bonds. The highest BCUT2D eigenvalue weighted by Crippen LogP contribution is 2.35. The minimum absolute atomic E-state index is 0.0203. The Labute approximate surface area is 129 Å². The molecule has 0 unspecified atom stereocenters. The predicted octanol–water partition coefficient (Wildman–Crippen LogP) is 4.16. The highest BCUT2D eigenvalue weighted by atomic mass is 32.1. The molecule has 2 rings (SSSR count). The van der Waals surface area contributed by atoms with Crippen molar-refractivity contribution < 1.29 is 4.74 Å². The third-order valence-corrected chi connectivity index (χ3v) is 4.18. The van der Waals surface area contributed by atoms with Crippen LogP contribution in [-0.4, -0.2) is 16.3 Å². The van der Waals surface area contributed by atoms with Gasteiger partial charge in [0.15, 0.2) is 0 Å². The summed E-state index contributed by atoms with van der Waals surface area (Å²) in [6.07, 6.45) is 0.0203. The van der Waals surface area contributed by atoms with E-state index in [9.17, 15) is 5.26 Å². The monoisotopic (exact) mass is 301 g/mol. The highest BCUT2D eigenvalue weighted by molar-refractivity contribution is 7.14. The Balaban J connectivity index is 2.49. The second-order valence-corrected chi connectivity index (χ2v) is 7.10. The third-order valence-electron chi connectivity index (χ3n) is 2.80. The van der Waals surface area contributed by atoms with Crippen molar-refractivity contribution in [1.29, 1.82) is 5.26 Å². The number of hydrogen-bond acceptors (Lipinski definition) is 5. The molecule has 21 heavy (non-hydrogen) atoms. The van der Waals surface area contributed by atoms with Crippen LogP contribution in [0.1, 0.15) is 45.2 Å². The van der Waals surface area contributed by atoms with Crippen LogP contribution in [-0.2, 0) is 5.41 Å². The summed E-state index contributed by atoms with van der Waals surface area (Å²) in [4.78, 5) is 0. The molecule has 0 atom stereocenters. The average molecular weight is 301 g/mol. The first-order chi connectivity index (χ1) is 9.82. The number of hydrogen-bond donors (Lipinski definition) is 0. The summed E-state index contributed by atoms with van der Waals surface area (Å²) in [5.41, 5.74) is 1.25. The van der Waals surface area contributed by atoms with Gasteiger partial charge in [-0.25, -0.2) is 0 Å². The molecular weight excluding hydrogens is 282 g/mol. The second kappa shape index (κ2) is 5.82. The summed E-state index contributed by atoms with van der Waals surface area (Å²) in [5, 5.41) is 19.7. The Morgan fingerprint density at radius 3 is 2.48 bits per heavy atom. The second-order valence-electron chi connectivity index (χ2n) is 6.12. The van der Waals surface area contributed by atoms with Crippen molar-refractivity contribution in [2.24, 2.45) is 0 Å². The fourth-order valence-electron chi connectivity index (χ4n) is 1.81. The molecule has 5 heteroatoms. The largest absolute Gasteiger partial charge is 0.490 e. The molecule has 1 aromatic heterocycles. The van der Waals surface area contributed by atoms with Crippen LogP contribution in [0.15, 0.2) is 18.2 Å². The first kappa shape index (κ1) is 15.5. The Bertz CT molecular complexity index is 678. The maximum Gasteiger partial charge on any atom is 0.149 e. The zero-order chi connectivity index (χ0) is 15.6. The van der Waals surface area contributed by atoms with E-state index in [-0.39, 0.29) is 11.5 Å². The van der Waals surface area contributed by atoms with Crippen molar-refractivity contribution >= 4 is 11.3 Å². The molecule has 1 heterocycles. The van der Waals surface area contributed by atoms with Crippen molar-refractivity contribution in [3.8, 4) is 22.4 Å². The Morgan fingerprint density at radius 1 is 1.24 bits per heavy atom. The van der Waals surface area contributed by atoms with Crippen molar-refractivity contribution in [2.45, 2.75) is 46.1 Å². The molecule has 0 saturated carbocycles. The van der Waals surface area contributed by atoms with Crippen molar-refractivity contribution in [1.82, 2.24) is 10.2 Å². The van der Waals surface area contributed by atoms with Gasteiger partial charge < -0.3 is 4.74 Å². The fourth-order valence-corrected chi connectivity index (χ4v) is 2.74. The Morgan fingerprint density at radius 2 is 1.95 bits per heavy atom. The summed E-state index contributed by atoms with van der Waals surface area (Å²) in [6.45, 7) is 10.2. The van der Waals surface area contributed by atoms with Crippen LogP contribution in [0.3, 0.4) is 0 Å². The van der Waals surface area contributed by atoms with Crippen LogP contribution >= 0.6 is 11.3 Å². The molecule has 0 spiro atoms. The molecule has 0 bridgehead atoms. The van der Waals surface area contributed by atoms with E-state index in [1.54, 1.807) is 0 Å². The zero-order valence-electron chi connectivity index (χ0n) is 13.0. The van der Waals surface area contributed by atoms with E-state index >= 15 is 0 Å². The topological polar surface area (TPSA) is 58.8 Å². The normalized spacial score (nSPS) is 11.5. The van der Waals surface area contributed by atoms with E-state index in [4.69, 9.17) is 4.74 Å². The molecule has 110 valence electrons. The molecule has 0 aliphatic carbocycles. The SMILES string of the molecule is CC(C)Oc1cccc(-c2nnc(C(C)(C)C)s2)c1C#N. The molecule has 0 aliphatic heterocycles. The van der Waals surface area contributed by atoms with Gasteiger partial charge in [0.05, 0.1) is 6.10 Å². The fraction of sp³-hybridized carbons (Fsp3) is 0.438. The van der Waals surface area contributed by atoms with Crippen molar-refractivity contribution in [2.75, 3.05) is 0 Å². The summed E-state index contributed by atoms with van der Waals surface area (Å²) >= 11 is 1.52. The van der Waals surface area contributed by atoms with Crippen LogP contribution in [0, 0.1) is 11.3 Å². The summed E-state index contributed by atoms with van der Waals surface area (Å²) in [5.74, 6) is 0.595. The van der Waals surface area contributed by atoms with Gasteiger partial charge >= 0.3 is 0 Å². The van der Waals surface area contributed by atoms with Crippen molar-refractivity contribution in [3.63, 3.8) is 0 Å². The quantitative estimate of drug-likeness (QED) is 0.854.